The van der Waals surface area contributed by atoms with Crippen LogP contribution in [0.1, 0.15) is 33.1 Å². The van der Waals surface area contributed by atoms with Gasteiger partial charge in [-0.2, -0.15) is 0 Å². The van der Waals surface area contributed by atoms with Crippen LogP contribution in [0.15, 0.2) is 0 Å². The summed E-state index contributed by atoms with van der Waals surface area (Å²) in [5.74, 6) is 0.744. The third-order valence-electron chi connectivity index (χ3n) is 3.33. The maximum absolute atomic E-state index is 10.8. The number of hydrogen-bond donors (Lipinski definition) is 0. The van der Waals surface area contributed by atoms with E-state index in [4.69, 9.17) is 4.74 Å². The van der Waals surface area contributed by atoms with E-state index in [1.165, 1.54) is 6.42 Å². The van der Waals surface area contributed by atoms with Gasteiger partial charge in [-0.15, -0.1) is 0 Å². The lowest BCUT2D eigenvalue weighted by molar-refractivity contribution is -0.143. The van der Waals surface area contributed by atoms with Gasteiger partial charge in [0.05, 0.1) is 0 Å². The first kappa shape index (κ1) is 7.14. The van der Waals surface area contributed by atoms with Gasteiger partial charge >= 0.3 is 5.97 Å². The highest BCUT2D eigenvalue weighted by Gasteiger charge is 2.55. The van der Waals surface area contributed by atoms with Crippen molar-refractivity contribution < 1.29 is 9.53 Å². The summed E-state index contributed by atoms with van der Waals surface area (Å²) in [6.07, 6.45) is 3.03. The summed E-state index contributed by atoms with van der Waals surface area (Å²) in [5, 5.41) is 0. The first-order chi connectivity index (χ1) is 5.13. The van der Waals surface area contributed by atoms with Crippen LogP contribution in [-0.4, -0.2) is 12.1 Å². The predicted octanol–water partition coefficient (Wildman–Crippen LogP) is 1.74. The van der Waals surface area contributed by atoms with E-state index in [0.29, 0.717) is 11.8 Å². The van der Waals surface area contributed by atoms with Gasteiger partial charge in [0, 0.05) is 11.8 Å². The Bertz CT molecular complexity index is 200. The lowest BCUT2D eigenvalue weighted by Gasteiger charge is -2.17. The van der Waals surface area contributed by atoms with Gasteiger partial charge in [0.2, 0.25) is 0 Å². The van der Waals surface area contributed by atoms with E-state index in [0.717, 1.165) is 12.3 Å². The van der Waals surface area contributed by atoms with Crippen molar-refractivity contribution in [2.45, 2.75) is 39.2 Å². The van der Waals surface area contributed by atoms with Crippen LogP contribution in [0.4, 0.5) is 0 Å². The second-order valence-corrected chi connectivity index (χ2v) is 4.13. The fraction of sp³-hybridized carbons (Fsp3) is 0.889. The van der Waals surface area contributed by atoms with Gasteiger partial charge in [-0.25, -0.2) is 0 Å². The summed E-state index contributed by atoms with van der Waals surface area (Å²) >= 11 is 0. The maximum atomic E-state index is 10.8. The third-order valence-corrected chi connectivity index (χ3v) is 3.33. The molecule has 2 fully saturated rings. The van der Waals surface area contributed by atoms with Crippen molar-refractivity contribution in [3.05, 3.63) is 0 Å². The Balaban J connectivity index is 2.02. The van der Waals surface area contributed by atoms with Gasteiger partial charge in [0.1, 0.15) is 6.10 Å². The molecule has 0 radical (unpaired) electrons. The predicted molar refractivity (Wildman–Crippen MR) is 41.0 cm³/mol. The second kappa shape index (κ2) is 1.99. The fourth-order valence-corrected chi connectivity index (χ4v) is 2.04. The van der Waals surface area contributed by atoms with Gasteiger partial charge in [-0.05, 0) is 18.8 Å². The van der Waals surface area contributed by atoms with Gasteiger partial charge in [-0.1, -0.05) is 13.8 Å². The average Bonchev–Trinajstić information content (AvgIpc) is 2.44. The van der Waals surface area contributed by atoms with Crippen LogP contribution < -0.4 is 0 Å². The molecule has 0 aromatic heterocycles. The highest BCUT2D eigenvalue weighted by molar-refractivity contribution is 5.71. The van der Waals surface area contributed by atoms with Crippen LogP contribution in [0, 0.1) is 11.3 Å². The van der Waals surface area contributed by atoms with E-state index in [-0.39, 0.29) is 12.1 Å². The highest BCUT2D eigenvalue weighted by Crippen LogP contribution is 2.57. The molecule has 3 unspecified atom stereocenters. The second-order valence-electron chi connectivity index (χ2n) is 4.13. The molecule has 3 atom stereocenters. The molecule has 0 aromatic carbocycles. The van der Waals surface area contributed by atoms with Crippen LogP contribution >= 0.6 is 0 Å². The summed E-state index contributed by atoms with van der Waals surface area (Å²) in [4.78, 5) is 10.8. The largest absolute Gasteiger partial charge is 0.462 e. The molecule has 0 aromatic rings. The van der Waals surface area contributed by atoms with E-state index in [9.17, 15) is 4.79 Å². The Kier molecular flexibility index (Phi) is 1.29. The smallest absolute Gasteiger partial charge is 0.306 e. The summed E-state index contributed by atoms with van der Waals surface area (Å²) in [6, 6.07) is 0. The van der Waals surface area contributed by atoms with Crippen molar-refractivity contribution in [2.24, 2.45) is 11.3 Å². The lowest BCUT2D eigenvalue weighted by Crippen LogP contribution is -2.20. The van der Waals surface area contributed by atoms with E-state index in [1.807, 2.05) is 0 Å². The molecule has 2 heteroatoms. The highest BCUT2D eigenvalue weighted by atomic mass is 16.6. The Morgan fingerprint density at radius 1 is 1.64 bits per heavy atom. The minimum Gasteiger partial charge on any atom is -0.462 e. The zero-order chi connectivity index (χ0) is 8.06. The number of carbonyl (C=O) groups is 1. The lowest BCUT2D eigenvalue weighted by atomic mass is 9.97. The fourth-order valence-electron chi connectivity index (χ4n) is 2.04. The Morgan fingerprint density at radius 2 is 2.27 bits per heavy atom. The topological polar surface area (TPSA) is 26.3 Å². The van der Waals surface area contributed by atoms with Crippen molar-refractivity contribution in [3.63, 3.8) is 0 Å². The van der Waals surface area contributed by atoms with Gasteiger partial charge in [-0.3, -0.25) is 4.79 Å². The molecule has 0 N–H and O–H groups in total. The number of rotatable bonds is 1. The summed E-state index contributed by atoms with van der Waals surface area (Å²) in [6.45, 7) is 4.45. The monoisotopic (exact) mass is 154 g/mol. The van der Waals surface area contributed by atoms with Crippen LogP contribution in [0.25, 0.3) is 0 Å². The van der Waals surface area contributed by atoms with Gasteiger partial charge < -0.3 is 4.74 Å². The Labute approximate surface area is 66.9 Å². The molecular weight excluding hydrogens is 140 g/mol. The molecule has 0 spiro atoms. The summed E-state index contributed by atoms with van der Waals surface area (Å²) < 4.78 is 5.22. The summed E-state index contributed by atoms with van der Waals surface area (Å²) in [5.41, 5.74) is 0.326. The number of carbonyl (C=O) groups excluding carboxylic acids is 1. The summed E-state index contributed by atoms with van der Waals surface area (Å²) in [7, 11) is 0. The minimum atomic E-state index is -0.00433. The van der Waals surface area contributed by atoms with Crippen LogP contribution in [0.2, 0.25) is 0 Å². The van der Waals surface area contributed by atoms with Crippen molar-refractivity contribution in [1.29, 1.82) is 0 Å². The van der Waals surface area contributed by atoms with Crippen LogP contribution in [-0.2, 0) is 9.53 Å². The third kappa shape index (κ3) is 0.959. The molecule has 2 nitrogen and oxygen atoms in total. The molecule has 0 amide bonds. The Hall–Kier alpha value is -0.530. The molecule has 11 heavy (non-hydrogen) atoms. The normalized spacial score (nSPS) is 49.1. The van der Waals surface area contributed by atoms with Crippen molar-refractivity contribution in [2.75, 3.05) is 0 Å². The first-order valence-electron chi connectivity index (χ1n) is 4.32. The molecule has 2 aliphatic rings. The molecule has 1 aliphatic heterocycles. The van der Waals surface area contributed by atoms with Crippen molar-refractivity contribution in [1.82, 2.24) is 0 Å². The number of hydrogen-bond acceptors (Lipinski definition) is 2. The van der Waals surface area contributed by atoms with E-state index < -0.39 is 0 Å². The molecule has 62 valence electrons. The van der Waals surface area contributed by atoms with E-state index in [2.05, 4.69) is 13.8 Å². The SMILES string of the molecule is CC1CC1(C)C1CCC(=O)O1. The first-order valence-corrected chi connectivity index (χ1v) is 4.32. The molecule has 1 saturated heterocycles. The van der Waals surface area contributed by atoms with Crippen LogP contribution in [0.3, 0.4) is 0 Å². The number of ether oxygens (including phenoxy) is 1. The average molecular weight is 154 g/mol. The number of cyclic esters (lactones) is 1. The van der Waals surface area contributed by atoms with E-state index >= 15 is 0 Å². The minimum absolute atomic E-state index is 0.00433. The zero-order valence-electron chi connectivity index (χ0n) is 7.09. The van der Waals surface area contributed by atoms with Gasteiger partial charge in [0.25, 0.3) is 0 Å². The molecule has 2 rings (SSSR count). The van der Waals surface area contributed by atoms with Crippen LogP contribution in [0.5, 0.6) is 0 Å². The Morgan fingerprint density at radius 3 is 2.64 bits per heavy atom. The molecule has 0 bridgehead atoms. The molecule has 1 aliphatic carbocycles. The quantitative estimate of drug-likeness (QED) is 0.538. The van der Waals surface area contributed by atoms with Crippen molar-refractivity contribution in [3.8, 4) is 0 Å². The zero-order valence-corrected chi connectivity index (χ0v) is 7.09. The standard InChI is InChI=1S/C9H14O2/c1-6-5-9(6,2)7-3-4-8(10)11-7/h6-7H,3-5H2,1-2H3. The number of esters is 1. The maximum Gasteiger partial charge on any atom is 0.306 e. The van der Waals surface area contributed by atoms with Crippen molar-refractivity contribution >= 4 is 5.97 Å². The van der Waals surface area contributed by atoms with E-state index in [1.54, 1.807) is 0 Å². The molecular formula is C9H14O2. The molecule has 1 heterocycles. The molecule has 1 saturated carbocycles. The van der Waals surface area contributed by atoms with Gasteiger partial charge in [0.15, 0.2) is 0 Å².